The molecule has 0 unspecified atom stereocenters. The van der Waals surface area contributed by atoms with E-state index in [4.69, 9.17) is 0 Å². The summed E-state index contributed by atoms with van der Waals surface area (Å²) in [6, 6.07) is 6.10. The quantitative estimate of drug-likeness (QED) is 0.897. The minimum Gasteiger partial charge on any atom is -0.370 e. The molecule has 2 aliphatic rings. The van der Waals surface area contributed by atoms with E-state index in [1.54, 1.807) is 0 Å². The molecule has 1 saturated heterocycles. The number of amidine groups is 1. The molecule has 1 fully saturated rings. The number of amides is 1. The Morgan fingerprint density at radius 2 is 2.13 bits per heavy atom. The van der Waals surface area contributed by atoms with Crippen LogP contribution in [0.15, 0.2) is 33.9 Å². The number of rotatable bonds is 3. The molecule has 23 heavy (non-hydrogen) atoms. The molecule has 4 rings (SSSR count). The topological polar surface area (TPSA) is 49.6 Å². The van der Waals surface area contributed by atoms with Crippen molar-refractivity contribution in [3.05, 3.63) is 34.4 Å². The number of carbonyl (C=O) groups excluding carboxylic acids is 1. The summed E-state index contributed by atoms with van der Waals surface area (Å²) >= 11 is 3.54. The standard InChI is InChI=1S/C17H19BrN4O/c18-12-3-4-13-14(17(23)21-7-1-2-8-21)10-22(15(13)9-12)11-16-19-5-6-20-16/h3-4,9-10H,1-2,5-8,11H2,(H,19,20). The molecule has 5 nitrogen and oxygen atoms in total. The van der Waals surface area contributed by atoms with Crippen LogP contribution in [0.5, 0.6) is 0 Å². The first kappa shape index (κ1) is 14.8. The first-order chi connectivity index (χ1) is 11.2. The van der Waals surface area contributed by atoms with Crippen LogP contribution in [0.2, 0.25) is 0 Å². The molecule has 1 aromatic carbocycles. The highest BCUT2D eigenvalue weighted by atomic mass is 79.9. The summed E-state index contributed by atoms with van der Waals surface area (Å²) in [5.41, 5.74) is 1.87. The van der Waals surface area contributed by atoms with E-state index in [0.717, 1.165) is 65.8 Å². The van der Waals surface area contributed by atoms with E-state index >= 15 is 0 Å². The van der Waals surface area contributed by atoms with Crippen LogP contribution in [0, 0.1) is 0 Å². The molecule has 0 spiro atoms. The van der Waals surface area contributed by atoms with Crippen molar-refractivity contribution >= 4 is 38.6 Å². The third-order valence-electron chi connectivity index (χ3n) is 4.53. The zero-order valence-corrected chi connectivity index (χ0v) is 14.5. The average Bonchev–Trinajstić information content (AvgIpc) is 3.28. The van der Waals surface area contributed by atoms with E-state index in [1.807, 2.05) is 23.2 Å². The number of fused-ring (bicyclic) bond motifs is 1. The number of carbonyl (C=O) groups is 1. The number of hydrogen-bond acceptors (Lipinski definition) is 3. The summed E-state index contributed by atoms with van der Waals surface area (Å²) in [4.78, 5) is 19.3. The fourth-order valence-corrected chi connectivity index (χ4v) is 3.72. The summed E-state index contributed by atoms with van der Waals surface area (Å²) in [6.45, 7) is 4.16. The molecule has 120 valence electrons. The van der Waals surface area contributed by atoms with E-state index in [9.17, 15) is 4.79 Å². The fourth-order valence-electron chi connectivity index (χ4n) is 3.37. The van der Waals surface area contributed by atoms with Crippen molar-refractivity contribution in [3.8, 4) is 0 Å². The van der Waals surface area contributed by atoms with Crippen LogP contribution in [0.3, 0.4) is 0 Å². The zero-order valence-electron chi connectivity index (χ0n) is 12.9. The molecular formula is C17H19BrN4O. The molecule has 6 heteroatoms. The molecule has 0 atom stereocenters. The lowest BCUT2D eigenvalue weighted by Gasteiger charge is -2.14. The van der Waals surface area contributed by atoms with Crippen LogP contribution < -0.4 is 5.32 Å². The second kappa shape index (κ2) is 6.00. The summed E-state index contributed by atoms with van der Waals surface area (Å²) in [5.74, 6) is 1.14. The van der Waals surface area contributed by atoms with Crippen molar-refractivity contribution in [3.63, 3.8) is 0 Å². The van der Waals surface area contributed by atoms with E-state index in [-0.39, 0.29) is 5.91 Å². The van der Waals surface area contributed by atoms with E-state index in [2.05, 4.69) is 36.9 Å². The Bertz CT molecular complexity index is 789. The molecular weight excluding hydrogens is 356 g/mol. The normalized spacial score (nSPS) is 17.6. The minimum absolute atomic E-state index is 0.148. The van der Waals surface area contributed by atoms with Crippen LogP contribution >= 0.6 is 15.9 Å². The maximum absolute atomic E-state index is 12.9. The van der Waals surface area contributed by atoms with Crippen LogP contribution in [-0.2, 0) is 6.54 Å². The second-order valence-electron chi connectivity index (χ2n) is 6.09. The van der Waals surface area contributed by atoms with Crippen molar-refractivity contribution in [2.75, 3.05) is 26.2 Å². The Morgan fingerprint density at radius 3 is 2.87 bits per heavy atom. The van der Waals surface area contributed by atoms with E-state index in [1.165, 1.54) is 0 Å². The van der Waals surface area contributed by atoms with Gasteiger partial charge in [-0.3, -0.25) is 9.79 Å². The van der Waals surface area contributed by atoms with Gasteiger partial charge in [0.2, 0.25) is 0 Å². The molecule has 0 saturated carbocycles. The number of benzene rings is 1. The molecule has 1 amide bonds. The molecule has 0 bridgehead atoms. The van der Waals surface area contributed by atoms with Gasteiger partial charge in [-0.05, 0) is 25.0 Å². The maximum Gasteiger partial charge on any atom is 0.256 e. The molecule has 0 radical (unpaired) electrons. The summed E-state index contributed by atoms with van der Waals surface area (Å²) in [7, 11) is 0. The van der Waals surface area contributed by atoms with Crippen molar-refractivity contribution in [2.24, 2.45) is 4.99 Å². The summed E-state index contributed by atoms with van der Waals surface area (Å²) < 4.78 is 3.14. The predicted molar refractivity (Wildman–Crippen MR) is 95.1 cm³/mol. The number of nitrogens with one attached hydrogen (secondary N) is 1. The molecule has 0 aliphatic carbocycles. The van der Waals surface area contributed by atoms with Gasteiger partial charge >= 0.3 is 0 Å². The fraction of sp³-hybridized carbons (Fsp3) is 0.412. The highest BCUT2D eigenvalue weighted by Gasteiger charge is 2.23. The van der Waals surface area contributed by atoms with Crippen LogP contribution in [0.4, 0.5) is 0 Å². The van der Waals surface area contributed by atoms with Gasteiger partial charge in [0.15, 0.2) is 0 Å². The van der Waals surface area contributed by atoms with Gasteiger partial charge in [-0.25, -0.2) is 0 Å². The average molecular weight is 375 g/mol. The second-order valence-corrected chi connectivity index (χ2v) is 7.00. The Morgan fingerprint density at radius 1 is 1.30 bits per heavy atom. The smallest absolute Gasteiger partial charge is 0.256 e. The minimum atomic E-state index is 0.148. The van der Waals surface area contributed by atoms with Gasteiger partial charge in [0.1, 0.15) is 5.84 Å². The molecule has 3 heterocycles. The molecule has 1 N–H and O–H groups in total. The Kier molecular flexibility index (Phi) is 3.85. The van der Waals surface area contributed by atoms with Crippen LogP contribution in [0.25, 0.3) is 10.9 Å². The molecule has 2 aliphatic heterocycles. The first-order valence-electron chi connectivity index (χ1n) is 8.07. The number of halogens is 1. The maximum atomic E-state index is 12.9. The lowest BCUT2D eigenvalue weighted by atomic mass is 10.1. The molecule has 2 aromatic rings. The third kappa shape index (κ3) is 2.76. The monoisotopic (exact) mass is 374 g/mol. The van der Waals surface area contributed by atoms with Crippen molar-refractivity contribution in [1.29, 1.82) is 0 Å². The summed E-state index contributed by atoms with van der Waals surface area (Å²) in [6.07, 6.45) is 4.20. The largest absolute Gasteiger partial charge is 0.370 e. The van der Waals surface area contributed by atoms with Gasteiger partial charge in [0.05, 0.1) is 24.2 Å². The van der Waals surface area contributed by atoms with Gasteiger partial charge < -0.3 is 14.8 Å². The Labute approximate surface area is 143 Å². The molecule has 1 aromatic heterocycles. The third-order valence-corrected chi connectivity index (χ3v) is 5.02. The lowest BCUT2D eigenvalue weighted by Crippen LogP contribution is -2.27. The van der Waals surface area contributed by atoms with Gasteiger partial charge in [-0.15, -0.1) is 0 Å². The first-order valence-corrected chi connectivity index (χ1v) is 8.86. The van der Waals surface area contributed by atoms with Gasteiger partial charge in [0, 0.05) is 35.7 Å². The van der Waals surface area contributed by atoms with Crippen LogP contribution in [0.1, 0.15) is 23.2 Å². The van der Waals surface area contributed by atoms with Crippen LogP contribution in [-0.4, -0.2) is 47.4 Å². The van der Waals surface area contributed by atoms with Crippen molar-refractivity contribution < 1.29 is 4.79 Å². The van der Waals surface area contributed by atoms with Gasteiger partial charge in [-0.2, -0.15) is 0 Å². The zero-order chi connectivity index (χ0) is 15.8. The predicted octanol–water partition coefficient (Wildman–Crippen LogP) is 2.64. The lowest BCUT2D eigenvalue weighted by molar-refractivity contribution is 0.0794. The Hall–Kier alpha value is -1.82. The van der Waals surface area contributed by atoms with Gasteiger partial charge in [-0.1, -0.05) is 22.0 Å². The van der Waals surface area contributed by atoms with E-state index in [0.29, 0.717) is 6.54 Å². The summed E-state index contributed by atoms with van der Waals surface area (Å²) in [5, 5.41) is 4.32. The van der Waals surface area contributed by atoms with E-state index < -0.39 is 0 Å². The highest BCUT2D eigenvalue weighted by molar-refractivity contribution is 9.10. The van der Waals surface area contributed by atoms with Gasteiger partial charge in [0.25, 0.3) is 5.91 Å². The Balaban J connectivity index is 1.76. The number of nitrogens with zero attached hydrogens (tertiary/aromatic N) is 3. The highest BCUT2D eigenvalue weighted by Crippen LogP contribution is 2.27. The number of likely N-dealkylation sites (tertiary alicyclic amines) is 1. The number of aromatic nitrogens is 1. The SMILES string of the molecule is O=C(c1cn(CC2=NCCN2)c2cc(Br)ccc12)N1CCCC1. The number of aliphatic imine (C=N–C) groups is 1. The number of hydrogen-bond donors (Lipinski definition) is 1. The van der Waals surface area contributed by atoms with Crippen molar-refractivity contribution in [1.82, 2.24) is 14.8 Å². The van der Waals surface area contributed by atoms with Crippen molar-refractivity contribution in [2.45, 2.75) is 19.4 Å².